The first-order valence-electron chi connectivity index (χ1n) is 8.03. The van der Waals surface area contributed by atoms with Gasteiger partial charge in [0.15, 0.2) is 0 Å². The zero-order valence-electron chi connectivity index (χ0n) is 13.2. The molecule has 0 bridgehead atoms. The van der Waals surface area contributed by atoms with Gasteiger partial charge in [-0.05, 0) is 60.4 Å². The van der Waals surface area contributed by atoms with Crippen molar-refractivity contribution in [2.45, 2.75) is 46.0 Å². The van der Waals surface area contributed by atoms with E-state index in [0.29, 0.717) is 11.7 Å². The third-order valence-electron chi connectivity index (χ3n) is 3.98. The van der Waals surface area contributed by atoms with Gasteiger partial charge in [-0.25, -0.2) is 0 Å². The molecule has 0 spiro atoms. The van der Waals surface area contributed by atoms with Crippen molar-refractivity contribution in [1.29, 1.82) is 0 Å². The van der Waals surface area contributed by atoms with Gasteiger partial charge in [-0.3, -0.25) is 0 Å². The van der Waals surface area contributed by atoms with Crippen LogP contribution < -0.4 is 0 Å². The Hall–Kier alpha value is -1.76. The zero-order chi connectivity index (χ0) is 15.1. The topological polar surface area (TPSA) is 20.2 Å². The second-order valence-electron chi connectivity index (χ2n) is 6.08. The normalized spacial score (nSPS) is 12.3. The molecule has 0 radical (unpaired) electrons. The molecular weight excluding hydrogens is 256 g/mol. The van der Waals surface area contributed by atoms with Crippen molar-refractivity contribution in [3.8, 4) is 5.75 Å². The lowest BCUT2D eigenvalue weighted by Crippen LogP contribution is -2.02. The largest absolute Gasteiger partial charge is 0.508 e. The smallest absolute Gasteiger partial charge is 0.115 e. The minimum absolute atomic E-state index is 0.347. The molecule has 0 aromatic heterocycles. The quantitative estimate of drug-likeness (QED) is 0.744. The maximum Gasteiger partial charge on any atom is 0.115 e. The van der Waals surface area contributed by atoms with Crippen molar-refractivity contribution < 1.29 is 5.11 Å². The molecule has 2 aromatic rings. The summed E-state index contributed by atoms with van der Waals surface area (Å²) in [5, 5.41) is 9.30. The Labute approximate surface area is 128 Å². The molecule has 1 nitrogen and oxygen atoms in total. The fraction of sp³-hybridized carbons (Fsp3) is 0.400. The van der Waals surface area contributed by atoms with E-state index in [4.69, 9.17) is 0 Å². The number of phenols is 1. The standard InChI is InChI=1S/C20H26O/c1-3-5-18-6-4-7-19(15-18)14-16(2)8-9-17-10-12-20(21)13-11-17/h4,6-7,10-13,15-16,21H,3,5,8-9,14H2,1-2H3. The van der Waals surface area contributed by atoms with Gasteiger partial charge < -0.3 is 5.11 Å². The molecule has 0 heterocycles. The summed E-state index contributed by atoms with van der Waals surface area (Å²) in [4.78, 5) is 0. The lowest BCUT2D eigenvalue weighted by Gasteiger charge is -2.12. The average Bonchev–Trinajstić information content (AvgIpc) is 2.47. The fourth-order valence-corrected chi connectivity index (χ4v) is 2.78. The van der Waals surface area contributed by atoms with E-state index in [0.717, 1.165) is 12.8 Å². The van der Waals surface area contributed by atoms with Crippen LogP contribution in [0.1, 0.15) is 43.4 Å². The maximum atomic E-state index is 9.30. The summed E-state index contributed by atoms with van der Waals surface area (Å²) < 4.78 is 0. The molecule has 0 aliphatic rings. The third-order valence-corrected chi connectivity index (χ3v) is 3.98. The number of aryl methyl sites for hydroxylation is 2. The molecule has 1 unspecified atom stereocenters. The average molecular weight is 282 g/mol. The Balaban J connectivity index is 1.85. The van der Waals surface area contributed by atoms with Gasteiger partial charge in [0.05, 0.1) is 0 Å². The Kier molecular flexibility index (Phi) is 5.86. The van der Waals surface area contributed by atoms with Gasteiger partial charge in [0.2, 0.25) is 0 Å². The highest BCUT2D eigenvalue weighted by atomic mass is 16.3. The Morgan fingerprint density at radius 3 is 2.33 bits per heavy atom. The van der Waals surface area contributed by atoms with Gasteiger partial charge in [0.1, 0.15) is 5.75 Å². The number of aromatic hydroxyl groups is 1. The third kappa shape index (κ3) is 5.26. The molecule has 1 heteroatoms. The summed E-state index contributed by atoms with van der Waals surface area (Å²) in [6, 6.07) is 16.6. The second kappa shape index (κ2) is 7.87. The van der Waals surface area contributed by atoms with Crippen LogP contribution in [-0.2, 0) is 19.3 Å². The van der Waals surface area contributed by atoms with Crippen LogP contribution in [-0.4, -0.2) is 5.11 Å². The van der Waals surface area contributed by atoms with E-state index in [1.165, 1.54) is 36.0 Å². The van der Waals surface area contributed by atoms with E-state index in [1.54, 1.807) is 12.1 Å². The molecule has 0 fully saturated rings. The van der Waals surface area contributed by atoms with Crippen molar-refractivity contribution in [2.75, 3.05) is 0 Å². The first-order chi connectivity index (χ1) is 10.2. The number of benzene rings is 2. The lowest BCUT2D eigenvalue weighted by molar-refractivity contribution is 0.474. The zero-order valence-corrected chi connectivity index (χ0v) is 13.2. The molecule has 0 amide bonds. The molecule has 0 aliphatic carbocycles. The number of hydrogen-bond donors (Lipinski definition) is 1. The van der Waals surface area contributed by atoms with Crippen LogP contribution in [0.25, 0.3) is 0 Å². The van der Waals surface area contributed by atoms with Crippen molar-refractivity contribution in [3.05, 3.63) is 65.2 Å². The van der Waals surface area contributed by atoms with Gasteiger partial charge in [-0.1, -0.05) is 56.7 Å². The molecule has 1 N–H and O–H groups in total. The van der Waals surface area contributed by atoms with E-state index in [2.05, 4.69) is 38.1 Å². The second-order valence-corrected chi connectivity index (χ2v) is 6.08. The van der Waals surface area contributed by atoms with Crippen molar-refractivity contribution >= 4 is 0 Å². The van der Waals surface area contributed by atoms with Gasteiger partial charge in [0.25, 0.3) is 0 Å². The van der Waals surface area contributed by atoms with Crippen LogP contribution in [0.3, 0.4) is 0 Å². The molecule has 0 saturated heterocycles. The van der Waals surface area contributed by atoms with Crippen molar-refractivity contribution in [3.63, 3.8) is 0 Å². The van der Waals surface area contributed by atoms with Crippen LogP contribution in [0, 0.1) is 5.92 Å². The summed E-state index contributed by atoms with van der Waals surface area (Å²) >= 11 is 0. The Morgan fingerprint density at radius 1 is 0.905 bits per heavy atom. The van der Waals surface area contributed by atoms with Crippen LogP contribution in [0.4, 0.5) is 0 Å². The first-order valence-corrected chi connectivity index (χ1v) is 8.03. The number of hydrogen-bond acceptors (Lipinski definition) is 1. The van der Waals surface area contributed by atoms with E-state index in [-0.39, 0.29) is 0 Å². The summed E-state index contributed by atoms with van der Waals surface area (Å²) in [6.07, 6.45) is 5.80. The molecule has 0 saturated carbocycles. The minimum Gasteiger partial charge on any atom is -0.508 e. The minimum atomic E-state index is 0.347. The van der Waals surface area contributed by atoms with E-state index < -0.39 is 0 Å². The number of rotatable bonds is 7. The van der Waals surface area contributed by atoms with E-state index in [1.807, 2.05) is 12.1 Å². The highest BCUT2D eigenvalue weighted by Gasteiger charge is 2.05. The Morgan fingerprint density at radius 2 is 1.62 bits per heavy atom. The maximum absolute atomic E-state index is 9.30. The number of phenolic OH excluding ortho intramolecular Hbond substituents is 1. The molecule has 0 aliphatic heterocycles. The lowest BCUT2D eigenvalue weighted by atomic mass is 9.93. The predicted molar refractivity (Wildman–Crippen MR) is 89.7 cm³/mol. The Bertz CT molecular complexity index is 542. The molecular formula is C20H26O. The monoisotopic (exact) mass is 282 g/mol. The first kappa shape index (κ1) is 15.6. The highest BCUT2D eigenvalue weighted by molar-refractivity contribution is 5.26. The molecule has 112 valence electrons. The van der Waals surface area contributed by atoms with Crippen LogP contribution in [0.5, 0.6) is 5.75 Å². The van der Waals surface area contributed by atoms with Gasteiger partial charge >= 0.3 is 0 Å². The molecule has 2 aromatic carbocycles. The van der Waals surface area contributed by atoms with Crippen LogP contribution in [0.2, 0.25) is 0 Å². The van der Waals surface area contributed by atoms with E-state index >= 15 is 0 Å². The van der Waals surface area contributed by atoms with Crippen molar-refractivity contribution in [2.24, 2.45) is 5.92 Å². The van der Waals surface area contributed by atoms with Gasteiger partial charge in [-0.2, -0.15) is 0 Å². The van der Waals surface area contributed by atoms with Crippen molar-refractivity contribution in [1.82, 2.24) is 0 Å². The summed E-state index contributed by atoms with van der Waals surface area (Å²) in [6.45, 7) is 4.56. The van der Waals surface area contributed by atoms with Crippen LogP contribution in [0.15, 0.2) is 48.5 Å². The van der Waals surface area contributed by atoms with Crippen LogP contribution >= 0.6 is 0 Å². The van der Waals surface area contributed by atoms with Gasteiger partial charge in [-0.15, -0.1) is 0 Å². The highest BCUT2D eigenvalue weighted by Crippen LogP contribution is 2.18. The fourth-order valence-electron chi connectivity index (χ4n) is 2.78. The summed E-state index contributed by atoms with van der Waals surface area (Å²) in [5.41, 5.74) is 4.22. The van der Waals surface area contributed by atoms with E-state index in [9.17, 15) is 5.11 Å². The summed E-state index contributed by atoms with van der Waals surface area (Å²) in [7, 11) is 0. The van der Waals surface area contributed by atoms with Gasteiger partial charge in [0, 0.05) is 0 Å². The summed E-state index contributed by atoms with van der Waals surface area (Å²) in [5.74, 6) is 1.02. The molecule has 21 heavy (non-hydrogen) atoms. The SMILES string of the molecule is CCCc1cccc(CC(C)CCc2ccc(O)cc2)c1. The molecule has 1 atom stereocenters. The predicted octanol–water partition coefficient (Wildman–Crippen LogP) is 5.16. The molecule has 2 rings (SSSR count).